The number of nitrogens with zero attached hydrogens (tertiary/aromatic N) is 2. The molecule has 2 spiro atoms. The Kier molecular flexibility index (Phi) is 8.46. The van der Waals surface area contributed by atoms with E-state index in [1.807, 2.05) is 42.0 Å². The van der Waals surface area contributed by atoms with Gasteiger partial charge in [-0.05, 0) is 86.7 Å². The number of nitrogens with one attached hydrogen (secondary N) is 2. The van der Waals surface area contributed by atoms with Crippen LogP contribution < -0.4 is 10.6 Å². The van der Waals surface area contributed by atoms with Crippen molar-refractivity contribution < 1.29 is 9.59 Å². The van der Waals surface area contributed by atoms with Gasteiger partial charge >= 0.3 is 0 Å². The summed E-state index contributed by atoms with van der Waals surface area (Å²) in [5, 5.41) is 8.63. The third-order valence-electron chi connectivity index (χ3n) is 13.9. The summed E-state index contributed by atoms with van der Waals surface area (Å²) in [5.41, 5.74) is 6.93. The SMILES string of the molecule is C=C(/C=C\C=C/C)[C@]1(CC)C2=C(CC3(CCC(c4nc5c(s4)[C@@](CC)(c4ccccc4)C4=C(CC6(CCCC6)CC4=O)N5)C3)CC2=O)Nc2ncsc21. The van der Waals surface area contributed by atoms with Gasteiger partial charge in [0, 0.05) is 41.3 Å². The Bertz CT molecular complexity index is 2150. The molecule has 8 heteroatoms. The average Bonchev–Trinajstić information content (AvgIpc) is 3.98. The van der Waals surface area contributed by atoms with Gasteiger partial charge in [0.1, 0.15) is 11.6 Å². The first-order valence-electron chi connectivity index (χ1n) is 19.8. The Morgan fingerprint density at radius 3 is 2.36 bits per heavy atom. The van der Waals surface area contributed by atoms with Gasteiger partial charge in [-0.2, -0.15) is 0 Å². The number of Topliss-reactive ketones (excluding diaryl/α,β-unsaturated/α-hetero) is 2. The molecule has 4 heterocycles. The van der Waals surface area contributed by atoms with Crippen LogP contribution in [0.15, 0.2) is 94.8 Å². The highest BCUT2D eigenvalue weighted by molar-refractivity contribution is 7.12. The van der Waals surface area contributed by atoms with Crippen LogP contribution in [-0.4, -0.2) is 21.5 Å². The second-order valence-electron chi connectivity index (χ2n) is 16.7. The highest BCUT2D eigenvalue weighted by Crippen LogP contribution is 2.63. The normalized spacial score (nSPS) is 30.2. The molecule has 2 unspecified atom stereocenters. The zero-order chi connectivity index (χ0) is 36.6. The smallest absolute Gasteiger partial charge is 0.162 e. The topological polar surface area (TPSA) is 84.0 Å². The Hall–Kier alpha value is -3.88. The molecule has 0 amide bonds. The van der Waals surface area contributed by atoms with Crippen molar-refractivity contribution in [3.05, 3.63) is 115 Å². The van der Waals surface area contributed by atoms with Gasteiger partial charge in [0.2, 0.25) is 0 Å². The minimum atomic E-state index is -0.576. The second-order valence-corrected chi connectivity index (χ2v) is 18.6. The van der Waals surface area contributed by atoms with Crippen LogP contribution in [0.5, 0.6) is 0 Å². The lowest BCUT2D eigenvalue weighted by atomic mass is 9.60. The Morgan fingerprint density at radius 2 is 1.60 bits per heavy atom. The molecule has 9 rings (SSSR count). The molecule has 2 saturated carbocycles. The number of hydrogen-bond acceptors (Lipinski definition) is 8. The van der Waals surface area contributed by atoms with E-state index < -0.39 is 10.8 Å². The number of anilines is 2. The van der Waals surface area contributed by atoms with E-state index in [2.05, 4.69) is 67.5 Å². The Balaban J connectivity index is 1.07. The van der Waals surface area contributed by atoms with E-state index in [1.165, 1.54) is 23.3 Å². The molecule has 2 N–H and O–H groups in total. The molecule has 3 aromatic rings. The average molecular weight is 743 g/mol. The second kappa shape index (κ2) is 12.9. The predicted octanol–water partition coefficient (Wildman–Crippen LogP) is 11.2. The van der Waals surface area contributed by atoms with E-state index in [0.717, 1.165) is 107 Å². The van der Waals surface area contributed by atoms with Crippen LogP contribution in [0.25, 0.3) is 0 Å². The van der Waals surface area contributed by atoms with E-state index in [9.17, 15) is 9.59 Å². The molecule has 2 fully saturated rings. The minimum absolute atomic E-state index is 0.0887. The molecule has 6 aliphatic rings. The molecule has 0 radical (unpaired) electrons. The zero-order valence-electron chi connectivity index (χ0n) is 31.3. The lowest BCUT2D eigenvalue weighted by Crippen LogP contribution is -2.43. The fraction of sp³-hybridized carbons (Fsp3) is 0.467. The van der Waals surface area contributed by atoms with Crippen molar-refractivity contribution in [2.75, 3.05) is 10.6 Å². The summed E-state index contributed by atoms with van der Waals surface area (Å²) in [6.07, 6.45) is 20.3. The summed E-state index contributed by atoms with van der Waals surface area (Å²) in [6, 6.07) is 10.7. The van der Waals surface area contributed by atoms with Crippen LogP contribution in [0.3, 0.4) is 0 Å². The quantitative estimate of drug-likeness (QED) is 0.235. The van der Waals surface area contributed by atoms with E-state index in [4.69, 9.17) is 9.97 Å². The van der Waals surface area contributed by atoms with E-state index >= 15 is 0 Å². The molecule has 1 aromatic carbocycles. The summed E-state index contributed by atoms with van der Waals surface area (Å²) in [6.45, 7) is 11.0. The molecule has 0 saturated heterocycles. The summed E-state index contributed by atoms with van der Waals surface area (Å²) in [7, 11) is 0. The van der Waals surface area contributed by atoms with Gasteiger partial charge in [0.05, 0.1) is 31.1 Å². The van der Waals surface area contributed by atoms with E-state index in [-0.39, 0.29) is 22.5 Å². The summed E-state index contributed by atoms with van der Waals surface area (Å²) in [4.78, 5) is 41.5. The molecule has 53 heavy (non-hydrogen) atoms. The van der Waals surface area contributed by atoms with Crippen molar-refractivity contribution in [3.63, 3.8) is 0 Å². The number of benzene rings is 1. The Morgan fingerprint density at radius 1 is 0.887 bits per heavy atom. The fourth-order valence-electron chi connectivity index (χ4n) is 11.5. The third kappa shape index (κ3) is 5.14. The minimum Gasteiger partial charge on any atom is -0.342 e. The largest absolute Gasteiger partial charge is 0.342 e. The standard InChI is InChI=1S/C45H50N4O2S2/c1-5-8-10-15-28(4)44(6-2)35-32(47-39-37(44)52-27-46-39)24-43(26-34(35)51)21-18-29(22-43)41-49-40-38(53-41)45(7-3,30-16-11-9-12-17-30)36-31(48-40)23-42(25-33(36)50)19-13-14-20-42/h5,8-12,15-17,27,29,47-48H,4,6-7,13-14,18-26H2,1-3H3/b8-5-,15-10-/t29?,43?,44-,45+/m1/s1. The number of ketones is 2. The van der Waals surface area contributed by atoms with Crippen molar-refractivity contribution in [2.24, 2.45) is 10.8 Å². The summed E-state index contributed by atoms with van der Waals surface area (Å²) < 4.78 is 0. The lowest BCUT2D eigenvalue weighted by Gasteiger charge is -2.46. The number of aromatic nitrogens is 2. The van der Waals surface area contributed by atoms with Gasteiger partial charge < -0.3 is 10.6 Å². The fourth-order valence-corrected chi connectivity index (χ4v) is 14.0. The maximum absolute atomic E-state index is 14.6. The van der Waals surface area contributed by atoms with Crippen LogP contribution in [0.4, 0.5) is 11.6 Å². The number of thiazole rings is 2. The molecule has 2 aliphatic heterocycles. The molecule has 2 aromatic heterocycles. The first-order valence-corrected chi connectivity index (χ1v) is 21.5. The predicted molar refractivity (Wildman–Crippen MR) is 217 cm³/mol. The van der Waals surface area contributed by atoms with E-state index in [1.54, 1.807) is 11.3 Å². The summed E-state index contributed by atoms with van der Waals surface area (Å²) in [5.74, 6) is 2.64. The molecular weight excluding hydrogens is 693 g/mol. The van der Waals surface area contributed by atoms with Crippen molar-refractivity contribution in [2.45, 2.75) is 121 Å². The molecule has 6 nitrogen and oxygen atoms in total. The van der Waals surface area contributed by atoms with Crippen LogP contribution in [0.2, 0.25) is 0 Å². The van der Waals surface area contributed by atoms with Gasteiger partial charge in [-0.15, -0.1) is 22.7 Å². The third-order valence-corrected chi connectivity index (χ3v) is 16.3. The van der Waals surface area contributed by atoms with Crippen LogP contribution in [-0.2, 0) is 20.4 Å². The number of hydrogen-bond donors (Lipinski definition) is 2. The van der Waals surface area contributed by atoms with Crippen LogP contribution in [0.1, 0.15) is 130 Å². The number of rotatable bonds is 7. The van der Waals surface area contributed by atoms with E-state index in [0.29, 0.717) is 18.6 Å². The molecule has 4 atom stereocenters. The molecule has 274 valence electrons. The number of carbonyl (C=O) groups excluding carboxylic acids is 2. The van der Waals surface area contributed by atoms with Gasteiger partial charge in [-0.3, -0.25) is 9.59 Å². The van der Waals surface area contributed by atoms with Crippen LogP contribution >= 0.6 is 22.7 Å². The van der Waals surface area contributed by atoms with Gasteiger partial charge in [0.25, 0.3) is 0 Å². The molecular formula is C45H50N4O2S2. The Labute approximate surface area is 321 Å². The first kappa shape index (κ1) is 34.9. The van der Waals surface area contributed by atoms with Crippen molar-refractivity contribution in [1.29, 1.82) is 0 Å². The van der Waals surface area contributed by atoms with Gasteiger partial charge in [-0.1, -0.05) is 87.9 Å². The van der Waals surface area contributed by atoms with Gasteiger partial charge in [0.15, 0.2) is 11.6 Å². The first-order chi connectivity index (χ1) is 25.7. The van der Waals surface area contributed by atoms with Crippen molar-refractivity contribution in [3.8, 4) is 0 Å². The van der Waals surface area contributed by atoms with Crippen LogP contribution in [0, 0.1) is 10.8 Å². The van der Waals surface area contributed by atoms with Crippen molar-refractivity contribution in [1.82, 2.24) is 9.97 Å². The van der Waals surface area contributed by atoms with Crippen molar-refractivity contribution >= 4 is 45.9 Å². The highest BCUT2D eigenvalue weighted by atomic mass is 32.1. The number of allylic oxidation sites excluding steroid dienone is 9. The van der Waals surface area contributed by atoms with Gasteiger partial charge in [-0.25, -0.2) is 9.97 Å². The highest BCUT2D eigenvalue weighted by Gasteiger charge is 2.56. The lowest BCUT2D eigenvalue weighted by molar-refractivity contribution is -0.120. The molecule has 0 bridgehead atoms. The maximum Gasteiger partial charge on any atom is 0.162 e. The summed E-state index contributed by atoms with van der Waals surface area (Å²) >= 11 is 3.43. The number of carbonyl (C=O) groups is 2. The molecule has 4 aliphatic carbocycles. The maximum atomic E-state index is 14.6. The zero-order valence-corrected chi connectivity index (χ0v) is 32.9. The monoisotopic (exact) mass is 742 g/mol. The number of fused-ring (bicyclic) bond motifs is 2.